The molecule has 1 atom stereocenters. The van der Waals surface area contributed by atoms with Gasteiger partial charge in [0.2, 0.25) is 0 Å². The average molecular weight is 283 g/mol. The van der Waals surface area contributed by atoms with E-state index < -0.39 is 0 Å². The summed E-state index contributed by atoms with van der Waals surface area (Å²) in [6, 6.07) is 3.05. The van der Waals surface area contributed by atoms with Gasteiger partial charge in [-0.1, -0.05) is 28.8 Å². The Bertz CT molecular complexity index is 370. The van der Waals surface area contributed by atoms with E-state index in [-0.39, 0.29) is 34.2 Å². The molecule has 3 N–H and O–H groups in total. The van der Waals surface area contributed by atoms with Crippen molar-refractivity contribution >= 4 is 35.6 Å². The monoisotopic (exact) mass is 281 g/mol. The number of phenols is 1. The first-order chi connectivity index (χ1) is 6.91. The summed E-state index contributed by atoms with van der Waals surface area (Å²) in [5.74, 6) is -0.107. The van der Waals surface area contributed by atoms with Crippen LogP contribution in [0.4, 0.5) is 0 Å². The Labute approximate surface area is 111 Å². The first-order valence-corrected chi connectivity index (χ1v) is 5.25. The van der Waals surface area contributed by atoms with Crippen LogP contribution in [-0.2, 0) is 0 Å². The molecule has 1 aromatic rings. The molecule has 0 heterocycles. The maximum Gasteiger partial charge on any atom is 0.152 e. The van der Waals surface area contributed by atoms with Crippen molar-refractivity contribution in [3.8, 4) is 5.75 Å². The minimum Gasteiger partial charge on any atom is -0.505 e. The topological polar surface area (TPSA) is 46.2 Å². The van der Waals surface area contributed by atoms with Crippen LogP contribution in [-0.4, -0.2) is 5.11 Å². The normalized spacial score (nSPS) is 11.8. The predicted molar refractivity (Wildman–Crippen MR) is 71.7 cm³/mol. The molecule has 16 heavy (non-hydrogen) atoms. The summed E-state index contributed by atoms with van der Waals surface area (Å²) in [4.78, 5) is 0. The van der Waals surface area contributed by atoms with Crippen LogP contribution < -0.4 is 5.73 Å². The summed E-state index contributed by atoms with van der Waals surface area (Å²) in [7, 11) is 0. The fourth-order valence-corrected chi connectivity index (χ4v) is 1.80. The van der Waals surface area contributed by atoms with Crippen LogP contribution in [0.15, 0.2) is 24.3 Å². The molecule has 0 saturated heterocycles. The van der Waals surface area contributed by atoms with Crippen LogP contribution in [0.1, 0.15) is 24.9 Å². The Morgan fingerprint density at radius 2 is 1.88 bits per heavy atom. The molecule has 0 spiro atoms. The Balaban J connectivity index is 0.00000225. The quantitative estimate of drug-likeness (QED) is 0.820. The van der Waals surface area contributed by atoms with Gasteiger partial charge in [0, 0.05) is 6.04 Å². The van der Waals surface area contributed by atoms with E-state index in [1.807, 2.05) is 6.92 Å². The average Bonchev–Trinajstić information content (AvgIpc) is 2.12. The van der Waals surface area contributed by atoms with Crippen LogP contribution in [0.25, 0.3) is 0 Å². The highest BCUT2D eigenvalue weighted by Crippen LogP contribution is 2.35. The Morgan fingerprint density at radius 3 is 2.25 bits per heavy atom. The fraction of sp³-hybridized carbons (Fsp3) is 0.273. The van der Waals surface area contributed by atoms with Gasteiger partial charge in [0.05, 0.1) is 10.0 Å². The number of nitrogens with two attached hydrogens (primary N) is 1. The maximum atomic E-state index is 9.37. The zero-order chi connectivity index (χ0) is 11.6. The van der Waals surface area contributed by atoms with Gasteiger partial charge in [0.15, 0.2) is 5.75 Å². The minimum atomic E-state index is -0.196. The van der Waals surface area contributed by atoms with Gasteiger partial charge >= 0.3 is 0 Å². The van der Waals surface area contributed by atoms with E-state index in [0.29, 0.717) is 6.42 Å². The third-order valence-electron chi connectivity index (χ3n) is 2.04. The van der Waals surface area contributed by atoms with E-state index in [4.69, 9.17) is 28.9 Å². The SMILES string of the molecule is C=C(C)C[C@@H](N)c1cc(Cl)c(O)c(Cl)c1.Cl. The highest BCUT2D eigenvalue weighted by molar-refractivity contribution is 6.37. The number of hydrogen-bond acceptors (Lipinski definition) is 2. The van der Waals surface area contributed by atoms with Crippen molar-refractivity contribution in [3.05, 3.63) is 39.9 Å². The molecule has 0 saturated carbocycles. The Morgan fingerprint density at radius 1 is 1.44 bits per heavy atom. The number of hydrogen-bond donors (Lipinski definition) is 2. The van der Waals surface area contributed by atoms with Crippen molar-refractivity contribution in [2.45, 2.75) is 19.4 Å². The van der Waals surface area contributed by atoms with Gasteiger partial charge in [-0.25, -0.2) is 0 Å². The zero-order valence-corrected chi connectivity index (χ0v) is 11.2. The number of aromatic hydroxyl groups is 1. The second kappa shape index (κ2) is 6.36. The summed E-state index contributed by atoms with van der Waals surface area (Å²) in [6.45, 7) is 5.69. The second-order valence-corrected chi connectivity index (χ2v) is 4.42. The summed E-state index contributed by atoms with van der Waals surface area (Å²) < 4.78 is 0. The smallest absolute Gasteiger partial charge is 0.152 e. The van der Waals surface area contributed by atoms with E-state index in [9.17, 15) is 5.11 Å². The molecule has 0 aliphatic carbocycles. The van der Waals surface area contributed by atoms with Gasteiger partial charge in [0.1, 0.15) is 0 Å². The highest BCUT2D eigenvalue weighted by Gasteiger charge is 2.11. The van der Waals surface area contributed by atoms with Crippen molar-refractivity contribution in [2.24, 2.45) is 5.73 Å². The van der Waals surface area contributed by atoms with Crippen LogP contribution in [0.5, 0.6) is 5.75 Å². The molecule has 90 valence electrons. The molecule has 0 radical (unpaired) electrons. The Hall–Kier alpha value is -0.410. The molecule has 0 aliphatic rings. The molecule has 1 aromatic carbocycles. The maximum absolute atomic E-state index is 9.37. The van der Waals surface area contributed by atoms with E-state index in [0.717, 1.165) is 11.1 Å². The van der Waals surface area contributed by atoms with Crippen molar-refractivity contribution < 1.29 is 5.11 Å². The molecule has 0 amide bonds. The van der Waals surface area contributed by atoms with E-state index in [2.05, 4.69) is 6.58 Å². The van der Waals surface area contributed by atoms with Gasteiger partial charge in [-0.05, 0) is 31.0 Å². The molecule has 0 fully saturated rings. The summed E-state index contributed by atoms with van der Waals surface area (Å²) in [6.07, 6.45) is 0.664. The van der Waals surface area contributed by atoms with Gasteiger partial charge in [-0.2, -0.15) is 0 Å². The highest BCUT2D eigenvalue weighted by atomic mass is 35.5. The predicted octanol–water partition coefficient (Wildman–Crippen LogP) is 4.09. The molecule has 5 heteroatoms. The lowest BCUT2D eigenvalue weighted by Crippen LogP contribution is -2.10. The fourth-order valence-electron chi connectivity index (χ4n) is 1.29. The van der Waals surface area contributed by atoms with Crippen LogP contribution >= 0.6 is 35.6 Å². The zero-order valence-electron chi connectivity index (χ0n) is 8.84. The van der Waals surface area contributed by atoms with Crippen LogP contribution in [0.2, 0.25) is 10.0 Å². The second-order valence-electron chi connectivity index (χ2n) is 3.60. The summed E-state index contributed by atoms with van der Waals surface area (Å²) >= 11 is 11.6. The van der Waals surface area contributed by atoms with Crippen molar-refractivity contribution in [1.29, 1.82) is 0 Å². The van der Waals surface area contributed by atoms with Gasteiger partial charge < -0.3 is 10.8 Å². The molecule has 0 aromatic heterocycles. The van der Waals surface area contributed by atoms with Crippen molar-refractivity contribution in [3.63, 3.8) is 0 Å². The largest absolute Gasteiger partial charge is 0.505 e. The van der Waals surface area contributed by atoms with Crippen LogP contribution in [0, 0.1) is 0 Å². The molecule has 0 aliphatic heterocycles. The lowest BCUT2D eigenvalue weighted by molar-refractivity contribution is 0.475. The third-order valence-corrected chi connectivity index (χ3v) is 2.61. The molecular formula is C11H14Cl3NO. The standard InChI is InChI=1S/C11H13Cl2NO.ClH/c1-6(2)3-10(14)7-4-8(12)11(15)9(13)5-7;/h4-5,10,15H,1,3,14H2,2H3;1H/t10-;/m1./s1. The number of halogens is 3. The molecule has 0 bridgehead atoms. The molecule has 1 rings (SSSR count). The molecule has 0 unspecified atom stereocenters. The minimum absolute atomic E-state index is 0. The van der Waals surface area contributed by atoms with E-state index >= 15 is 0 Å². The number of rotatable bonds is 3. The summed E-state index contributed by atoms with van der Waals surface area (Å²) in [5, 5.41) is 9.81. The number of phenolic OH excluding ortho intramolecular Hbond substituents is 1. The van der Waals surface area contributed by atoms with Gasteiger partial charge in [-0.15, -0.1) is 19.0 Å². The summed E-state index contributed by atoms with van der Waals surface area (Å²) in [5.41, 5.74) is 7.71. The first-order valence-electron chi connectivity index (χ1n) is 4.49. The van der Waals surface area contributed by atoms with Crippen molar-refractivity contribution in [2.75, 3.05) is 0 Å². The third kappa shape index (κ3) is 3.87. The Kier molecular flexibility index (Phi) is 6.19. The first kappa shape index (κ1) is 15.6. The van der Waals surface area contributed by atoms with Crippen LogP contribution in [0.3, 0.4) is 0 Å². The van der Waals surface area contributed by atoms with Gasteiger partial charge in [0.25, 0.3) is 0 Å². The lowest BCUT2D eigenvalue weighted by Gasteiger charge is -2.13. The van der Waals surface area contributed by atoms with E-state index in [1.54, 1.807) is 12.1 Å². The van der Waals surface area contributed by atoms with Crippen molar-refractivity contribution in [1.82, 2.24) is 0 Å². The van der Waals surface area contributed by atoms with Gasteiger partial charge in [-0.3, -0.25) is 0 Å². The lowest BCUT2D eigenvalue weighted by atomic mass is 10.0. The molecule has 2 nitrogen and oxygen atoms in total. The number of benzene rings is 1. The molecular weight excluding hydrogens is 268 g/mol. The van der Waals surface area contributed by atoms with E-state index in [1.165, 1.54) is 0 Å².